The maximum absolute atomic E-state index is 10.3. The fourth-order valence-electron chi connectivity index (χ4n) is 2.00. The van der Waals surface area contributed by atoms with Gasteiger partial charge in [-0.25, -0.2) is 0 Å². The van der Waals surface area contributed by atoms with Crippen molar-refractivity contribution in [3.8, 4) is 0 Å². The van der Waals surface area contributed by atoms with E-state index in [4.69, 9.17) is 11.6 Å². The van der Waals surface area contributed by atoms with Gasteiger partial charge in [-0.05, 0) is 36.2 Å². The maximum Gasteiger partial charge on any atom is 0.0940 e. The van der Waals surface area contributed by atoms with Crippen molar-refractivity contribution in [2.75, 3.05) is 0 Å². The van der Waals surface area contributed by atoms with E-state index >= 15 is 0 Å². The smallest absolute Gasteiger partial charge is 0.0940 e. The third kappa shape index (κ3) is 3.83. The van der Waals surface area contributed by atoms with Crippen LogP contribution in [0.2, 0.25) is 5.02 Å². The lowest BCUT2D eigenvalue weighted by molar-refractivity contribution is 0.135. The first-order valence-corrected chi connectivity index (χ1v) is 6.72. The number of halogens is 1. The Hall–Kier alpha value is -1.29. The van der Waals surface area contributed by atoms with Crippen LogP contribution in [0.3, 0.4) is 0 Å². The Morgan fingerprint density at radius 3 is 2.53 bits per heavy atom. The number of aryl methyl sites for hydroxylation is 1. The zero-order valence-electron chi connectivity index (χ0n) is 11.2. The highest BCUT2D eigenvalue weighted by Crippen LogP contribution is 2.19. The number of aromatic nitrogens is 1. The second kappa shape index (κ2) is 6.24. The van der Waals surface area contributed by atoms with Gasteiger partial charge in [0.2, 0.25) is 0 Å². The summed E-state index contributed by atoms with van der Waals surface area (Å²) in [6.45, 7) is 2.72. The average molecular weight is 279 g/mol. The van der Waals surface area contributed by atoms with Crippen LogP contribution in [-0.4, -0.2) is 15.7 Å². The number of aliphatic hydroxyl groups excluding tert-OH is 1. The SMILES string of the molecule is CC(NCc1ccn(C)c1)C(O)c1ccc(Cl)cc1. The number of nitrogens with zero attached hydrogens (tertiary/aromatic N) is 1. The molecule has 0 aliphatic heterocycles. The predicted octanol–water partition coefficient (Wildman–Crippen LogP) is 2.89. The number of rotatable bonds is 5. The lowest BCUT2D eigenvalue weighted by Gasteiger charge is -2.20. The Morgan fingerprint density at radius 2 is 1.95 bits per heavy atom. The first-order valence-electron chi connectivity index (χ1n) is 6.34. The zero-order chi connectivity index (χ0) is 13.8. The number of aliphatic hydroxyl groups is 1. The molecule has 1 heterocycles. The molecule has 0 saturated heterocycles. The van der Waals surface area contributed by atoms with Crippen LogP contribution in [0.25, 0.3) is 0 Å². The minimum atomic E-state index is -0.541. The lowest BCUT2D eigenvalue weighted by Crippen LogP contribution is -2.31. The van der Waals surface area contributed by atoms with Crippen LogP contribution < -0.4 is 5.32 Å². The summed E-state index contributed by atoms with van der Waals surface area (Å²) in [7, 11) is 2.00. The Morgan fingerprint density at radius 1 is 1.26 bits per heavy atom. The molecule has 0 saturated carbocycles. The van der Waals surface area contributed by atoms with Gasteiger partial charge >= 0.3 is 0 Å². The lowest BCUT2D eigenvalue weighted by atomic mass is 10.0. The molecule has 2 N–H and O–H groups in total. The van der Waals surface area contributed by atoms with E-state index in [1.807, 2.05) is 36.9 Å². The van der Waals surface area contributed by atoms with Gasteiger partial charge in [0, 0.05) is 37.1 Å². The molecule has 0 fully saturated rings. The Kier molecular flexibility index (Phi) is 4.64. The quantitative estimate of drug-likeness (QED) is 0.882. The van der Waals surface area contributed by atoms with Gasteiger partial charge in [0.1, 0.15) is 0 Å². The first kappa shape index (κ1) is 14.1. The highest BCUT2D eigenvalue weighted by atomic mass is 35.5. The van der Waals surface area contributed by atoms with Gasteiger partial charge < -0.3 is 15.0 Å². The topological polar surface area (TPSA) is 37.2 Å². The number of benzene rings is 1. The third-order valence-corrected chi connectivity index (χ3v) is 3.46. The van der Waals surface area contributed by atoms with Crippen molar-refractivity contribution in [3.05, 3.63) is 58.9 Å². The molecular weight excluding hydrogens is 260 g/mol. The average Bonchev–Trinajstić information content (AvgIpc) is 2.82. The molecule has 0 bridgehead atoms. The number of hydrogen-bond donors (Lipinski definition) is 2. The van der Waals surface area contributed by atoms with Crippen LogP contribution in [-0.2, 0) is 13.6 Å². The molecule has 1 aromatic carbocycles. The molecule has 4 heteroatoms. The second-order valence-electron chi connectivity index (χ2n) is 4.85. The monoisotopic (exact) mass is 278 g/mol. The fraction of sp³-hybridized carbons (Fsp3) is 0.333. The summed E-state index contributed by atoms with van der Waals surface area (Å²) in [6, 6.07) is 9.34. The standard InChI is InChI=1S/C15H19ClN2O/c1-11(17-9-12-7-8-18(2)10-12)15(19)13-3-5-14(16)6-4-13/h3-8,10-11,15,17,19H,9H2,1-2H3. The van der Waals surface area contributed by atoms with Gasteiger partial charge in [0.15, 0.2) is 0 Å². The molecule has 0 radical (unpaired) electrons. The Bertz CT molecular complexity index is 521. The van der Waals surface area contributed by atoms with E-state index in [-0.39, 0.29) is 6.04 Å². The minimum absolute atomic E-state index is 0.0265. The van der Waals surface area contributed by atoms with E-state index in [0.29, 0.717) is 5.02 Å². The largest absolute Gasteiger partial charge is 0.387 e. The normalized spacial score (nSPS) is 14.3. The van der Waals surface area contributed by atoms with Crippen LogP contribution in [0.1, 0.15) is 24.2 Å². The van der Waals surface area contributed by atoms with Crippen molar-refractivity contribution in [1.82, 2.24) is 9.88 Å². The van der Waals surface area contributed by atoms with Crippen molar-refractivity contribution >= 4 is 11.6 Å². The van der Waals surface area contributed by atoms with Gasteiger partial charge in [-0.15, -0.1) is 0 Å². The van der Waals surface area contributed by atoms with E-state index < -0.39 is 6.10 Å². The molecule has 0 spiro atoms. The van der Waals surface area contributed by atoms with Crippen molar-refractivity contribution in [2.24, 2.45) is 7.05 Å². The highest BCUT2D eigenvalue weighted by Gasteiger charge is 2.15. The molecule has 19 heavy (non-hydrogen) atoms. The first-order chi connectivity index (χ1) is 9.06. The van der Waals surface area contributed by atoms with E-state index in [2.05, 4.69) is 17.6 Å². The highest BCUT2D eigenvalue weighted by molar-refractivity contribution is 6.30. The van der Waals surface area contributed by atoms with Crippen molar-refractivity contribution in [2.45, 2.75) is 25.6 Å². The molecule has 2 rings (SSSR count). The predicted molar refractivity (Wildman–Crippen MR) is 78.1 cm³/mol. The van der Waals surface area contributed by atoms with Crippen molar-refractivity contribution < 1.29 is 5.11 Å². The maximum atomic E-state index is 10.3. The Labute approximate surface area is 118 Å². The molecule has 102 valence electrons. The van der Waals surface area contributed by atoms with E-state index in [0.717, 1.165) is 12.1 Å². The second-order valence-corrected chi connectivity index (χ2v) is 5.29. The van der Waals surface area contributed by atoms with Gasteiger partial charge in [0.05, 0.1) is 6.10 Å². The summed E-state index contributed by atoms with van der Waals surface area (Å²) in [5, 5.41) is 14.3. The Balaban J connectivity index is 1.92. The molecule has 2 atom stereocenters. The third-order valence-electron chi connectivity index (χ3n) is 3.21. The van der Waals surface area contributed by atoms with Crippen LogP contribution in [0.15, 0.2) is 42.7 Å². The fourth-order valence-corrected chi connectivity index (χ4v) is 2.13. The molecule has 0 amide bonds. The summed E-state index contributed by atoms with van der Waals surface area (Å²) in [5.74, 6) is 0. The van der Waals surface area contributed by atoms with Gasteiger partial charge in [-0.1, -0.05) is 23.7 Å². The summed E-state index contributed by atoms with van der Waals surface area (Å²) in [4.78, 5) is 0. The van der Waals surface area contributed by atoms with E-state index in [1.54, 1.807) is 12.1 Å². The zero-order valence-corrected chi connectivity index (χ0v) is 11.9. The number of nitrogens with one attached hydrogen (secondary N) is 1. The van der Waals surface area contributed by atoms with Gasteiger partial charge in [0.25, 0.3) is 0 Å². The van der Waals surface area contributed by atoms with Crippen LogP contribution in [0.4, 0.5) is 0 Å². The van der Waals surface area contributed by atoms with Crippen molar-refractivity contribution in [1.29, 1.82) is 0 Å². The summed E-state index contributed by atoms with van der Waals surface area (Å²) < 4.78 is 2.01. The van der Waals surface area contributed by atoms with Crippen LogP contribution >= 0.6 is 11.6 Å². The van der Waals surface area contributed by atoms with E-state index in [9.17, 15) is 5.11 Å². The summed E-state index contributed by atoms with van der Waals surface area (Å²) >= 11 is 5.84. The van der Waals surface area contributed by atoms with E-state index in [1.165, 1.54) is 5.56 Å². The van der Waals surface area contributed by atoms with Crippen LogP contribution in [0.5, 0.6) is 0 Å². The molecule has 3 nitrogen and oxygen atoms in total. The number of hydrogen-bond acceptors (Lipinski definition) is 2. The minimum Gasteiger partial charge on any atom is -0.387 e. The molecular formula is C15H19ClN2O. The molecule has 0 aliphatic rings. The molecule has 2 unspecified atom stereocenters. The van der Waals surface area contributed by atoms with Gasteiger partial charge in [-0.2, -0.15) is 0 Å². The van der Waals surface area contributed by atoms with Crippen LogP contribution in [0, 0.1) is 0 Å². The van der Waals surface area contributed by atoms with Crippen molar-refractivity contribution in [3.63, 3.8) is 0 Å². The van der Waals surface area contributed by atoms with Gasteiger partial charge in [-0.3, -0.25) is 0 Å². The summed E-state index contributed by atoms with van der Waals surface area (Å²) in [6.07, 6.45) is 3.53. The molecule has 0 aliphatic carbocycles. The summed E-state index contributed by atoms with van der Waals surface area (Å²) in [5.41, 5.74) is 2.08. The molecule has 2 aromatic rings. The molecule has 1 aromatic heterocycles.